The number of carbonyl (C=O) groups excluding carboxylic acids is 2. The number of sulfonamides is 1. The van der Waals surface area contributed by atoms with E-state index >= 15 is 0 Å². The highest BCUT2D eigenvalue weighted by molar-refractivity contribution is 7.93. The normalized spacial score (nSPS) is 15.6. The summed E-state index contributed by atoms with van der Waals surface area (Å²) >= 11 is 0. The van der Waals surface area contributed by atoms with Gasteiger partial charge >= 0.3 is 6.55 Å². The van der Waals surface area contributed by atoms with Gasteiger partial charge < -0.3 is 40.2 Å². The molecule has 2 aromatic rings. The molecule has 0 saturated carbocycles. The number of halogens is 2. The zero-order valence-corrected chi connectivity index (χ0v) is 20.4. The van der Waals surface area contributed by atoms with Gasteiger partial charge in [-0.25, -0.2) is 13.1 Å². The van der Waals surface area contributed by atoms with Gasteiger partial charge in [0.2, 0.25) is 0 Å². The molecule has 1 aromatic carbocycles. The van der Waals surface area contributed by atoms with Gasteiger partial charge in [-0.3, -0.25) is 9.10 Å². The third-order valence-corrected chi connectivity index (χ3v) is 6.71. The fourth-order valence-corrected chi connectivity index (χ4v) is 4.82. The number of aliphatic hydroxyl groups is 2. The predicted octanol–water partition coefficient (Wildman–Crippen LogP) is -0.752. The number of benzene rings is 1. The standard InChI is InChI=1S/C20H25F2N5O9S/c1-20(2,32)17(29)23-8-12-9-27(13-7-11(24-19(30)31)3-4-14(13)36-12)37(33,34)15-10-26(18(21)22)25-16(15)35-6-5-28/h3-4,7,10,12,18,24,28,32H,5-6,8-9H2,1-2H3,(H,23,29)(H,30,31)/p-1/t12-/m0/s1. The van der Waals surface area contributed by atoms with E-state index in [2.05, 4.69) is 10.4 Å². The summed E-state index contributed by atoms with van der Waals surface area (Å²) in [5.41, 5.74) is -1.96. The molecule has 1 aromatic heterocycles. The van der Waals surface area contributed by atoms with Crippen LogP contribution in [0.15, 0.2) is 29.3 Å². The van der Waals surface area contributed by atoms with Crippen molar-refractivity contribution in [1.82, 2.24) is 15.1 Å². The Morgan fingerprint density at radius 1 is 1.38 bits per heavy atom. The van der Waals surface area contributed by atoms with Crippen molar-refractivity contribution in [2.45, 2.75) is 37.0 Å². The van der Waals surface area contributed by atoms with Crippen LogP contribution in [-0.4, -0.2) is 78.4 Å². The maximum atomic E-state index is 13.7. The quantitative estimate of drug-likeness (QED) is 0.293. The summed E-state index contributed by atoms with van der Waals surface area (Å²) < 4.78 is 65.6. The fourth-order valence-electron chi connectivity index (χ4n) is 3.26. The fraction of sp³-hybridized carbons (Fsp3) is 0.450. The number of hydrogen-bond acceptors (Lipinski definition) is 10. The molecule has 0 radical (unpaired) electrons. The second-order valence-electron chi connectivity index (χ2n) is 8.27. The van der Waals surface area contributed by atoms with Gasteiger partial charge in [0.05, 0.1) is 31.6 Å². The largest absolute Gasteiger partial charge is 0.530 e. The van der Waals surface area contributed by atoms with Gasteiger partial charge in [0, 0.05) is 5.69 Å². The Kier molecular flexibility index (Phi) is 8.09. The lowest BCUT2D eigenvalue weighted by molar-refractivity contribution is -0.242. The number of rotatable bonds is 10. The van der Waals surface area contributed by atoms with Gasteiger partial charge in [0.1, 0.15) is 30.2 Å². The topological polar surface area (TPSA) is 195 Å². The summed E-state index contributed by atoms with van der Waals surface area (Å²) in [4.78, 5) is 22.3. The molecule has 14 nitrogen and oxygen atoms in total. The van der Waals surface area contributed by atoms with Gasteiger partial charge in [-0.2, -0.15) is 8.78 Å². The second-order valence-corrected chi connectivity index (χ2v) is 10.1. The maximum Gasteiger partial charge on any atom is 0.333 e. The number of amides is 2. The van der Waals surface area contributed by atoms with Gasteiger partial charge in [0.25, 0.3) is 21.8 Å². The highest BCUT2D eigenvalue weighted by Crippen LogP contribution is 2.40. The van der Waals surface area contributed by atoms with Crippen molar-refractivity contribution >= 4 is 33.4 Å². The number of hydrogen-bond donors (Lipinski definition) is 4. The number of nitrogens with one attached hydrogen (secondary N) is 2. The van der Waals surface area contributed by atoms with E-state index in [0.29, 0.717) is 6.20 Å². The molecule has 37 heavy (non-hydrogen) atoms. The Morgan fingerprint density at radius 2 is 2.08 bits per heavy atom. The van der Waals surface area contributed by atoms with Crippen molar-refractivity contribution in [3.63, 3.8) is 0 Å². The zero-order valence-electron chi connectivity index (χ0n) is 19.6. The number of aliphatic hydroxyl groups excluding tert-OH is 1. The molecular weight excluding hydrogens is 524 g/mol. The van der Waals surface area contributed by atoms with E-state index in [4.69, 9.17) is 14.6 Å². The van der Waals surface area contributed by atoms with Gasteiger partial charge in [-0.1, -0.05) is 0 Å². The van der Waals surface area contributed by atoms with Crippen LogP contribution >= 0.6 is 0 Å². The first-order chi connectivity index (χ1) is 17.2. The Balaban J connectivity index is 2.06. The molecule has 1 aliphatic rings. The van der Waals surface area contributed by atoms with E-state index < -0.39 is 70.8 Å². The van der Waals surface area contributed by atoms with Crippen LogP contribution in [0.2, 0.25) is 0 Å². The summed E-state index contributed by atoms with van der Waals surface area (Å²) in [5.74, 6) is -1.50. The Bertz CT molecular complexity index is 1260. The summed E-state index contributed by atoms with van der Waals surface area (Å²) in [6.07, 6.45) is -2.13. The summed E-state index contributed by atoms with van der Waals surface area (Å²) in [5, 5.41) is 37.7. The Morgan fingerprint density at radius 3 is 2.68 bits per heavy atom. The van der Waals surface area contributed by atoms with Crippen LogP contribution in [-0.2, 0) is 14.8 Å². The van der Waals surface area contributed by atoms with Crippen LogP contribution in [0, 0.1) is 0 Å². The van der Waals surface area contributed by atoms with E-state index in [-0.39, 0.29) is 28.4 Å². The van der Waals surface area contributed by atoms with Crippen LogP contribution in [0.3, 0.4) is 0 Å². The third-order valence-electron chi connectivity index (χ3n) is 4.95. The number of fused-ring (bicyclic) bond motifs is 1. The smallest absolute Gasteiger partial charge is 0.333 e. The zero-order chi connectivity index (χ0) is 27.5. The van der Waals surface area contributed by atoms with E-state index in [9.17, 15) is 37.0 Å². The number of carboxylic acid groups (broad SMARTS) is 1. The third kappa shape index (κ3) is 6.36. The van der Waals surface area contributed by atoms with Crippen molar-refractivity contribution in [2.75, 3.05) is 35.9 Å². The molecule has 0 aliphatic carbocycles. The Labute approximate surface area is 209 Å². The molecule has 0 bridgehead atoms. The van der Waals surface area contributed by atoms with Gasteiger partial charge in [-0.15, -0.1) is 5.10 Å². The first-order valence-electron chi connectivity index (χ1n) is 10.7. The number of ether oxygens (including phenoxy) is 2. The molecule has 1 atom stereocenters. The number of carbonyl (C=O) groups is 2. The SMILES string of the molecule is CC(C)(O)C(=O)NC[C@H]1CN(S(=O)(=O)c2cn(C(F)F)nc2OCCO)c2cc(NC(=O)[O-])ccc2O1. The molecule has 0 saturated heterocycles. The highest BCUT2D eigenvalue weighted by atomic mass is 32.2. The van der Waals surface area contributed by atoms with Gasteiger partial charge in [0.15, 0.2) is 4.90 Å². The lowest BCUT2D eigenvalue weighted by Crippen LogP contribution is -2.51. The lowest BCUT2D eigenvalue weighted by atomic mass is 10.1. The number of nitrogens with zero attached hydrogens (tertiary/aromatic N) is 3. The van der Waals surface area contributed by atoms with Crippen molar-refractivity contribution in [1.29, 1.82) is 0 Å². The first-order valence-corrected chi connectivity index (χ1v) is 12.1. The van der Waals surface area contributed by atoms with E-state index in [0.717, 1.165) is 10.4 Å². The molecule has 2 amide bonds. The van der Waals surface area contributed by atoms with Gasteiger partial charge in [-0.05, 0) is 32.0 Å². The lowest BCUT2D eigenvalue weighted by Gasteiger charge is -2.36. The van der Waals surface area contributed by atoms with Crippen molar-refractivity contribution < 1.29 is 51.6 Å². The summed E-state index contributed by atoms with van der Waals surface area (Å²) in [7, 11) is -4.72. The van der Waals surface area contributed by atoms with Crippen LogP contribution in [0.25, 0.3) is 0 Å². The molecule has 0 fully saturated rings. The van der Waals surface area contributed by atoms with Crippen molar-refractivity contribution in [3.05, 3.63) is 24.4 Å². The minimum absolute atomic E-state index is 0.0414. The molecule has 17 heteroatoms. The second kappa shape index (κ2) is 10.7. The van der Waals surface area contributed by atoms with Crippen molar-refractivity contribution in [2.24, 2.45) is 0 Å². The van der Waals surface area contributed by atoms with E-state index in [1.165, 1.54) is 26.0 Å². The molecule has 1 aliphatic heterocycles. The summed E-state index contributed by atoms with van der Waals surface area (Å²) in [6, 6.07) is 3.65. The highest BCUT2D eigenvalue weighted by Gasteiger charge is 2.39. The van der Waals surface area contributed by atoms with Crippen LogP contribution < -0.4 is 29.5 Å². The van der Waals surface area contributed by atoms with Crippen LogP contribution in [0.1, 0.15) is 20.4 Å². The average molecular weight is 549 g/mol. The molecule has 0 spiro atoms. The monoisotopic (exact) mass is 548 g/mol. The van der Waals surface area contributed by atoms with E-state index in [1.54, 1.807) is 0 Å². The van der Waals surface area contributed by atoms with Crippen LogP contribution in [0.4, 0.5) is 25.0 Å². The van der Waals surface area contributed by atoms with E-state index in [1.807, 2.05) is 5.32 Å². The molecule has 4 N–H and O–H groups in total. The molecule has 0 unspecified atom stereocenters. The molecule has 204 valence electrons. The minimum Gasteiger partial charge on any atom is -0.530 e. The number of alkyl halides is 2. The van der Waals surface area contributed by atoms with Crippen LogP contribution in [0.5, 0.6) is 11.6 Å². The first kappa shape index (κ1) is 27.9. The maximum absolute atomic E-state index is 13.7. The van der Waals surface area contributed by atoms with Crippen molar-refractivity contribution in [3.8, 4) is 11.6 Å². The minimum atomic E-state index is -4.72. The molecular formula is C20H24F2N5O9S-. The molecule has 2 heterocycles. The molecule has 3 rings (SSSR count). The number of aromatic nitrogens is 2. The number of anilines is 2. The average Bonchev–Trinajstić information content (AvgIpc) is 3.25. The summed E-state index contributed by atoms with van der Waals surface area (Å²) in [6.45, 7) is -2.42. The predicted molar refractivity (Wildman–Crippen MR) is 120 cm³/mol. The Hall–Kier alpha value is -3.70.